The summed E-state index contributed by atoms with van der Waals surface area (Å²) in [5.74, 6) is 0. The van der Waals surface area contributed by atoms with Gasteiger partial charge in [0.1, 0.15) is 0 Å². The van der Waals surface area contributed by atoms with Gasteiger partial charge in [-0.05, 0) is 25.8 Å². The van der Waals surface area contributed by atoms with E-state index in [0.29, 0.717) is 12.7 Å². The van der Waals surface area contributed by atoms with Crippen molar-refractivity contribution < 1.29 is 14.6 Å². The van der Waals surface area contributed by atoms with Gasteiger partial charge in [0.2, 0.25) is 0 Å². The van der Waals surface area contributed by atoms with Crippen LogP contribution in [0.1, 0.15) is 26.2 Å². The van der Waals surface area contributed by atoms with Crippen molar-refractivity contribution in [3.63, 3.8) is 0 Å². The van der Waals surface area contributed by atoms with Crippen molar-refractivity contribution in [3.05, 3.63) is 0 Å². The molecule has 2 rings (SSSR count). The van der Waals surface area contributed by atoms with Gasteiger partial charge in [0.05, 0.1) is 19.3 Å². The first-order chi connectivity index (χ1) is 8.28. The van der Waals surface area contributed by atoms with Crippen LogP contribution >= 0.6 is 0 Å². The molecule has 0 saturated carbocycles. The van der Waals surface area contributed by atoms with Crippen molar-refractivity contribution in [2.24, 2.45) is 5.41 Å². The molecule has 2 saturated heterocycles. The van der Waals surface area contributed by atoms with Crippen LogP contribution in [-0.2, 0) is 9.47 Å². The van der Waals surface area contributed by atoms with Crippen molar-refractivity contribution in [1.82, 2.24) is 4.90 Å². The van der Waals surface area contributed by atoms with Crippen LogP contribution in [0.25, 0.3) is 0 Å². The Morgan fingerprint density at radius 1 is 1.41 bits per heavy atom. The van der Waals surface area contributed by atoms with Crippen molar-refractivity contribution in [1.29, 1.82) is 0 Å². The van der Waals surface area contributed by atoms with Crippen LogP contribution in [0.3, 0.4) is 0 Å². The lowest BCUT2D eigenvalue weighted by Crippen LogP contribution is -2.43. The van der Waals surface area contributed by atoms with Gasteiger partial charge in [-0.2, -0.15) is 0 Å². The predicted molar refractivity (Wildman–Crippen MR) is 66.0 cm³/mol. The highest BCUT2D eigenvalue weighted by Crippen LogP contribution is 2.29. The first-order valence-corrected chi connectivity index (χ1v) is 6.80. The van der Waals surface area contributed by atoms with Gasteiger partial charge >= 0.3 is 0 Å². The zero-order valence-electron chi connectivity index (χ0n) is 10.9. The molecule has 100 valence electrons. The number of ether oxygens (including phenoxy) is 2. The second-order valence-electron chi connectivity index (χ2n) is 5.42. The maximum Gasteiger partial charge on any atom is 0.0702 e. The topological polar surface area (TPSA) is 41.9 Å². The van der Waals surface area contributed by atoms with E-state index in [9.17, 15) is 5.11 Å². The van der Waals surface area contributed by atoms with Crippen molar-refractivity contribution >= 4 is 0 Å². The fraction of sp³-hybridized carbons (Fsp3) is 1.00. The fourth-order valence-corrected chi connectivity index (χ4v) is 2.81. The molecule has 0 spiro atoms. The highest BCUT2D eigenvalue weighted by atomic mass is 16.5. The number of rotatable bonds is 6. The maximum absolute atomic E-state index is 9.58. The molecule has 4 heteroatoms. The van der Waals surface area contributed by atoms with Crippen molar-refractivity contribution in [2.75, 3.05) is 46.1 Å². The minimum Gasteiger partial charge on any atom is -0.396 e. The lowest BCUT2D eigenvalue weighted by Gasteiger charge is -2.33. The molecule has 0 aromatic rings. The molecule has 2 aliphatic rings. The van der Waals surface area contributed by atoms with E-state index in [4.69, 9.17) is 9.47 Å². The first-order valence-electron chi connectivity index (χ1n) is 6.80. The van der Waals surface area contributed by atoms with Gasteiger partial charge < -0.3 is 19.5 Å². The maximum atomic E-state index is 9.58. The fourth-order valence-electron chi connectivity index (χ4n) is 2.81. The minimum atomic E-state index is -0.0331. The molecule has 2 unspecified atom stereocenters. The quantitative estimate of drug-likeness (QED) is 0.752. The molecule has 0 aromatic heterocycles. The number of hydrogen-bond acceptors (Lipinski definition) is 4. The van der Waals surface area contributed by atoms with Gasteiger partial charge in [0.25, 0.3) is 0 Å². The first kappa shape index (κ1) is 13.3. The summed E-state index contributed by atoms with van der Waals surface area (Å²) in [6.07, 6.45) is 3.74. The summed E-state index contributed by atoms with van der Waals surface area (Å²) < 4.78 is 11.1. The van der Waals surface area contributed by atoms with E-state index in [1.807, 2.05) is 0 Å². The average molecular weight is 243 g/mol. The molecular formula is C13H25NO3. The Bertz CT molecular complexity index is 223. The molecule has 0 bridgehead atoms. The van der Waals surface area contributed by atoms with Crippen LogP contribution < -0.4 is 0 Å². The number of hydrogen-bond donors (Lipinski definition) is 1. The number of aliphatic hydroxyl groups is 1. The highest BCUT2D eigenvalue weighted by molar-refractivity contribution is 4.86. The standard InChI is InChI=1S/C13H25NO3/c1-2-14(8-12-4-3-6-17-12)9-13(10-15)5-7-16-11-13/h12,15H,2-11H2,1H3. The van der Waals surface area contributed by atoms with Crippen molar-refractivity contribution in [3.8, 4) is 0 Å². The summed E-state index contributed by atoms with van der Waals surface area (Å²) >= 11 is 0. The smallest absolute Gasteiger partial charge is 0.0702 e. The average Bonchev–Trinajstić information content (AvgIpc) is 3.00. The summed E-state index contributed by atoms with van der Waals surface area (Å²) in [7, 11) is 0. The Morgan fingerprint density at radius 2 is 2.29 bits per heavy atom. The molecule has 0 aliphatic carbocycles. The van der Waals surface area contributed by atoms with Gasteiger partial charge in [0.15, 0.2) is 0 Å². The molecule has 0 aromatic carbocycles. The molecule has 0 radical (unpaired) electrons. The molecule has 0 amide bonds. The Labute approximate surface area is 104 Å². The molecule has 17 heavy (non-hydrogen) atoms. The summed E-state index contributed by atoms with van der Waals surface area (Å²) in [5.41, 5.74) is -0.0331. The molecule has 2 atom stereocenters. The zero-order valence-corrected chi connectivity index (χ0v) is 10.9. The van der Waals surface area contributed by atoms with Gasteiger partial charge in [-0.15, -0.1) is 0 Å². The Morgan fingerprint density at radius 3 is 2.82 bits per heavy atom. The zero-order chi connectivity index (χ0) is 12.1. The van der Waals surface area contributed by atoms with Gasteiger partial charge in [0, 0.05) is 31.7 Å². The van der Waals surface area contributed by atoms with E-state index in [2.05, 4.69) is 11.8 Å². The lowest BCUT2D eigenvalue weighted by molar-refractivity contribution is 0.0288. The van der Waals surface area contributed by atoms with E-state index in [1.165, 1.54) is 12.8 Å². The summed E-state index contributed by atoms with van der Waals surface area (Å²) in [6, 6.07) is 0. The molecule has 2 fully saturated rings. The van der Waals surface area contributed by atoms with Crippen LogP contribution in [0.15, 0.2) is 0 Å². The molecule has 4 nitrogen and oxygen atoms in total. The highest BCUT2D eigenvalue weighted by Gasteiger charge is 2.36. The van der Waals surface area contributed by atoms with E-state index in [-0.39, 0.29) is 12.0 Å². The summed E-state index contributed by atoms with van der Waals surface area (Å²) in [6.45, 7) is 7.75. The summed E-state index contributed by atoms with van der Waals surface area (Å²) in [4.78, 5) is 2.40. The third kappa shape index (κ3) is 3.41. The number of nitrogens with zero attached hydrogens (tertiary/aromatic N) is 1. The lowest BCUT2D eigenvalue weighted by atomic mass is 9.87. The number of aliphatic hydroxyl groups excluding tert-OH is 1. The van der Waals surface area contributed by atoms with Gasteiger partial charge in [-0.1, -0.05) is 6.92 Å². The van der Waals surface area contributed by atoms with Crippen LogP contribution in [0, 0.1) is 5.41 Å². The number of likely N-dealkylation sites (N-methyl/N-ethyl adjacent to an activating group) is 1. The second kappa shape index (κ2) is 6.14. The predicted octanol–water partition coefficient (Wildman–Crippen LogP) is 0.886. The van der Waals surface area contributed by atoms with E-state index in [0.717, 1.165) is 39.3 Å². The SMILES string of the molecule is CCN(CC1CCCO1)CC1(CO)CCOC1. The third-order valence-electron chi connectivity index (χ3n) is 4.01. The van der Waals surface area contributed by atoms with E-state index >= 15 is 0 Å². The normalized spacial score (nSPS) is 33.7. The molecule has 1 N–H and O–H groups in total. The molecule has 2 heterocycles. The molecule has 2 aliphatic heterocycles. The Kier molecular flexibility index (Phi) is 4.79. The van der Waals surface area contributed by atoms with Crippen LogP contribution in [0.2, 0.25) is 0 Å². The third-order valence-corrected chi connectivity index (χ3v) is 4.01. The Balaban J connectivity index is 1.84. The van der Waals surface area contributed by atoms with Crippen molar-refractivity contribution in [2.45, 2.75) is 32.3 Å². The second-order valence-corrected chi connectivity index (χ2v) is 5.42. The Hall–Kier alpha value is -0.160. The van der Waals surface area contributed by atoms with E-state index < -0.39 is 0 Å². The van der Waals surface area contributed by atoms with Crippen LogP contribution in [-0.4, -0.2) is 62.2 Å². The van der Waals surface area contributed by atoms with E-state index in [1.54, 1.807) is 0 Å². The largest absolute Gasteiger partial charge is 0.396 e. The van der Waals surface area contributed by atoms with Crippen LogP contribution in [0.5, 0.6) is 0 Å². The minimum absolute atomic E-state index is 0.0331. The molecular weight excluding hydrogens is 218 g/mol. The van der Waals surface area contributed by atoms with Crippen LogP contribution in [0.4, 0.5) is 0 Å². The summed E-state index contributed by atoms with van der Waals surface area (Å²) in [5, 5.41) is 9.58. The van der Waals surface area contributed by atoms with Gasteiger partial charge in [-0.25, -0.2) is 0 Å². The monoisotopic (exact) mass is 243 g/mol. The van der Waals surface area contributed by atoms with Gasteiger partial charge in [-0.3, -0.25) is 0 Å².